The fourth-order valence-electron chi connectivity index (χ4n) is 2.77. The van der Waals surface area contributed by atoms with Crippen LogP contribution in [0.25, 0.3) is 0 Å². The molecule has 0 aromatic carbocycles. The first-order chi connectivity index (χ1) is 9.93. The molecule has 0 aromatic heterocycles. The SMILES string of the molecule is CCC(C)C(N)C(=O)NCCCCN1CC(C)OC(C)C1.Cl.Cl. The maximum Gasteiger partial charge on any atom is 0.237 e. The van der Waals surface area contributed by atoms with Crippen molar-refractivity contribution in [3.8, 4) is 0 Å². The number of carbonyl (C=O) groups is 1. The molecule has 140 valence electrons. The summed E-state index contributed by atoms with van der Waals surface area (Å²) in [6, 6.07) is -0.379. The Bertz CT molecular complexity index is 312. The second-order valence-corrected chi connectivity index (χ2v) is 6.43. The molecule has 0 saturated carbocycles. The molecule has 1 rings (SSSR count). The van der Waals surface area contributed by atoms with Gasteiger partial charge in [0, 0.05) is 19.6 Å². The number of hydrogen-bond acceptors (Lipinski definition) is 4. The highest BCUT2D eigenvalue weighted by atomic mass is 35.5. The van der Waals surface area contributed by atoms with Crippen molar-refractivity contribution in [2.75, 3.05) is 26.2 Å². The molecule has 0 spiro atoms. The van der Waals surface area contributed by atoms with Gasteiger partial charge in [0.15, 0.2) is 0 Å². The molecule has 7 heteroatoms. The Labute approximate surface area is 153 Å². The zero-order valence-corrected chi connectivity index (χ0v) is 16.5. The first-order valence-electron chi connectivity index (χ1n) is 8.35. The number of amides is 1. The van der Waals surface area contributed by atoms with E-state index in [9.17, 15) is 4.79 Å². The number of ether oxygens (including phenoxy) is 1. The number of nitrogens with one attached hydrogen (secondary N) is 1. The zero-order valence-electron chi connectivity index (χ0n) is 14.9. The summed E-state index contributed by atoms with van der Waals surface area (Å²) in [5.74, 6) is 0.222. The minimum absolute atomic E-state index is 0. The van der Waals surface area contributed by atoms with Gasteiger partial charge >= 0.3 is 0 Å². The van der Waals surface area contributed by atoms with E-state index < -0.39 is 0 Å². The summed E-state index contributed by atoms with van der Waals surface area (Å²) in [6.45, 7) is 12.1. The molecule has 0 radical (unpaired) electrons. The summed E-state index contributed by atoms with van der Waals surface area (Å²) >= 11 is 0. The molecule has 1 heterocycles. The molecule has 0 aliphatic carbocycles. The average Bonchev–Trinajstić information content (AvgIpc) is 2.44. The van der Waals surface area contributed by atoms with Gasteiger partial charge in [0.05, 0.1) is 18.2 Å². The van der Waals surface area contributed by atoms with Gasteiger partial charge in [-0.1, -0.05) is 20.3 Å². The molecular formula is C16H35Cl2N3O2. The van der Waals surface area contributed by atoms with Crippen LogP contribution >= 0.6 is 24.8 Å². The lowest BCUT2D eigenvalue weighted by Gasteiger charge is -2.35. The zero-order chi connectivity index (χ0) is 15.8. The first-order valence-corrected chi connectivity index (χ1v) is 8.35. The van der Waals surface area contributed by atoms with Gasteiger partial charge in [-0.3, -0.25) is 9.69 Å². The Hall–Kier alpha value is -0.0700. The van der Waals surface area contributed by atoms with Crippen LogP contribution in [0.4, 0.5) is 0 Å². The number of rotatable bonds is 8. The quantitative estimate of drug-likeness (QED) is 0.641. The number of hydrogen-bond donors (Lipinski definition) is 2. The smallest absolute Gasteiger partial charge is 0.237 e. The molecule has 1 aliphatic rings. The molecule has 1 fully saturated rings. The van der Waals surface area contributed by atoms with E-state index in [1.165, 1.54) is 0 Å². The second-order valence-electron chi connectivity index (χ2n) is 6.43. The van der Waals surface area contributed by atoms with E-state index in [4.69, 9.17) is 10.5 Å². The number of nitrogens with zero attached hydrogens (tertiary/aromatic N) is 1. The van der Waals surface area contributed by atoms with Crippen LogP contribution in [0.2, 0.25) is 0 Å². The number of carbonyl (C=O) groups excluding carboxylic acids is 1. The van der Waals surface area contributed by atoms with Crippen molar-refractivity contribution in [3.05, 3.63) is 0 Å². The molecule has 3 N–H and O–H groups in total. The Morgan fingerprint density at radius 1 is 1.26 bits per heavy atom. The number of unbranched alkanes of at least 4 members (excludes halogenated alkanes) is 1. The lowest BCUT2D eigenvalue weighted by atomic mass is 9.99. The maximum atomic E-state index is 11.8. The topological polar surface area (TPSA) is 67.6 Å². The number of morpholine rings is 1. The maximum absolute atomic E-state index is 11.8. The molecular weight excluding hydrogens is 337 g/mol. The lowest BCUT2D eigenvalue weighted by molar-refractivity contribution is -0.123. The van der Waals surface area contributed by atoms with Gasteiger partial charge in [-0.05, 0) is 39.2 Å². The molecule has 0 bridgehead atoms. The largest absolute Gasteiger partial charge is 0.373 e. The van der Waals surface area contributed by atoms with Crippen molar-refractivity contribution in [1.82, 2.24) is 10.2 Å². The predicted molar refractivity (Wildman–Crippen MR) is 101 cm³/mol. The fourth-order valence-corrected chi connectivity index (χ4v) is 2.77. The normalized spacial score (nSPS) is 24.0. The number of nitrogens with two attached hydrogens (primary N) is 1. The molecule has 0 aromatic rings. The minimum atomic E-state index is -0.379. The van der Waals surface area contributed by atoms with E-state index in [0.717, 1.165) is 45.4 Å². The van der Waals surface area contributed by atoms with Crippen LogP contribution in [0.3, 0.4) is 0 Å². The Morgan fingerprint density at radius 3 is 2.35 bits per heavy atom. The van der Waals surface area contributed by atoms with Crippen molar-refractivity contribution in [1.29, 1.82) is 0 Å². The van der Waals surface area contributed by atoms with E-state index in [0.29, 0.717) is 12.2 Å². The van der Waals surface area contributed by atoms with Crippen molar-refractivity contribution in [2.45, 2.75) is 65.2 Å². The van der Waals surface area contributed by atoms with Crippen molar-refractivity contribution >= 4 is 30.7 Å². The highest BCUT2D eigenvalue weighted by Crippen LogP contribution is 2.11. The number of halogens is 2. The van der Waals surface area contributed by atoms with Gasteiger partial charge in [0.25, 0.3) is 0 Å². The van der Waals surface area contributed by atoms with Crippen LogP contribution < -0.4 is 11.1 Å². The minimum Gasteiger partial charge on any atom is -0.373 e. The van der Waals surface area contributed by atoms with Gasteiger partial charge < -0.3 is 15.8 Å². The lowest BCUT2D eigenvalue weighted by Crippen LogP contribution is -2.46. The highest BCUT2D eigenvalue weighted by Gasteiger charge is 2.21. The molecule has 4 unspecified atom stereocenters. The summed E-state index contributed by atoms with van der Waals surface area (Å²) in [7, 11) is 0. The van der Waals surface area contributed by atoms with Crippen molar-refractivity contribution in [3.63, 3.8) is 0 Å². The molecule has 5 nitrogen and oxygen atoms in total. The van der Waals surface area contributed by atoms with Gasteiger partial charge in [0.1, 0.15) is 0 Å². The molecule has 1 aliphatic heterocycles. The van der Waals surface area contributed by atoms with E-state index in [1.807, 2.05) is 6.92 Å². The Balaban J connectivity index is 0. The molecule has 23 heavy (non-hydrogen) atoms. The van der Waals surface area contributed by atoms with E-state index in [2.05, 4.69) is 31.0 Å². The third-order valence-electron chi connectivity index (χ3n) is 4.26. The summed E-state index contributed by atoms with van der Waals surface area (Å²) in [6.07, 6.45) is 3.67. The van der Waals surface area contributed by atoms with Crippen LogP contribution in [-0.2, 0) is 9.53 Å². The Morgan fingerprint density at radius 2 is 1.83 bits per heavy atom. The molecule has 1 saturated heterocycles. The molecule has 4 atom stereocenters. The standard InChI is InChI=1S/C16H33N3O2.2ClH/c1-5-12(2)15(17)16(20)18-8-6-7-9-19-10-13(3)21-14(4)11-19;;/h12-15H,5-11,17H2,1-4H3,(H,18,20);2*1H. The third kappa shape index (κ3) is 9.72. The van der Waals surface area contributed by atoms with E-state index >= 15 is 0 Å². The van der Waals surface area contributed by atoms with E-state index in [1.54, 1.807) is 0 Å². The van der Waals surface area contributed by atoms with Crippen LogP contribution in [0, 0.1) is 5.92 Å². The van der Waals surface area contributed by atoms with Crippen LogP contribution in [-0.4, -0.2) is 55.2 Å². The summed E-state index contributed by atoms with van der Waals surface area (Å²) < 4.78 is 5.72. The van der Waals surface area contributed by atoms with Crippen molar-refractivity contribution in [2.24, 2.45) is 11.7 Å². The van der Waals surface area contributed by atoms with Gasteiger partial charge in [-0.25, -0.2) is 0 Å². The van der Waals surface area contributed by atoms with Crippen LogP contribution in [0.5, 0.6) is 0 Å². The average molecular weight is 372 g/mol. The first kappa shape index (κ1) is 25.2. The summed E-state index contributed by atoms with van der Waals surface area (Å²) in [4.78, 5) is 14.3. The summed E-state index contributed by atoms with van der Waals surface area (Å²) in [5, 5.41) is 2.95. The van der Waals surface area contributed by atoms with Gasteiger partial charge in [-0.15, -0.1) is 24.8 Å². The van der Waals surface area contributed by atoms with Crippen molar-refractivity contribution < 1.29 is 9.53 Å². The highest BCUT2D eigenvalue weighted by molar-refractivity contribution is 5.85. The monoisotopic (exact) mass is 371 g/mol. The third-order valence-corrected chi connectivity index (χ3v) is 4.26. The summed E-state index contributed by atoms with van der Waals surface area (Å²) in [5.41, 5.74) is 5.90. The van der Waals surface area contributed by atoms with E-state index in [-0.39, 0.29) is 42.7 Å². The molecule has 1 amide bonds. The van der Waals surface area contributed by atoms with Gasteiger partial charge in [-0.2, -0.15) is 0 Å². The predicted octanol–water partition coefficient (Wildman–Crippen LogP) is 2.21. The van der Waals surface area contributed by atoms with Crippen LogP contribution in [0.15, 0.2) is 0 Å². The Kier molecular flexibility index (Phi) is 14.5. The second kappa shape index (κ2) is 13.2. The van der Waals surface area contributed by atoms with Gasteiger partial charge in [0.2, 0.25) is 5.91 Å². The van der Waals surface area contributed by atoms with Crippen LogP contribution in [0.1, 0.15) is 47.0 Å². The fraction of sp³-hybridized carbons (Fsp3) is 0.938.